The van der Waals surface area contributed by atoms with Gasteiger partial charge in [0.1, 0.15) is 12.1 Å². The van der Waals surface area contributed by atoms with Crippen LogP contribution < -0.4 is 14.8 Å². The lowest BCUT2D eigenvalue weighted by Crippen LogP contribution is -2.50. The molecule has 1 aromatic rings. The van der Waals surface area contributed by atoms with Gasteiger partial charge in [0, 0.05) is 24.9 Å². The molecule has 1 heterocycles. The monoisotopic (exact) mass is 384 g/mol. The second-order valence-electron chi connectivity index (χ2n) is 5.74. The van der Waals surface area contributed by atoms with Crippen molar-refractivity contribution in [2.75, 3.05) is 11.3 Å². The van der Waals surface area contributed by atoms with Crippen LogP contribution in [0.5, 0.6) is 0 Å². The first-order valence-corrected chi connectivity index (χ1v) is 9.27. The van der Waals surface area contributed by atoms with Crippen LogP contribution in [-0.2, 0) is 24.6 Å². The first kappa shape index (κ1) is 19.7. The fourth-order valence-corrected chi connectivity index (χ4v) is 3.26. The van der Waals surface area contributed by atoms with Crippen molar-refractivity contribution < 1.29 is 28.0 Å². The van der Waals surface area contributed by atoms with E-state index in [1.54, 1.807) is 25.1 Å². The molecule has 1 aromatic carbocycles. The van der Waals surface area contributed by atoms with Crippen LogP contribution in [0, 0.1) is 6.92 Å². The lowest BCUT2D eigenvalue weighted by molar-refractivity contribution is -0.138. The Labute approximate surface area is 150 Å². The zero-order chi connectivity index (χ0) is 19.2. The van der Waals surface area contributed by atoms with E-state index in [1.807, 2.05) is 4.72 Å². The van der Waals surface area contributed by atoms with Gasteiger partial charge in [-0.05, 0) is 24.6 Å². The van der Waals surface area contributed by atoms with Gasteiger partial charge in [-0.3, -0.25) is 14.3 Å². The van der Waals surface area contributed by atoms with Gasteiger partial charge in [-0.25, -0.2) is 0 Å². The fraction of sp³-hybridized carbons (Fsp3) is 0.400. The number of aryl methyl sites for hydroxylation is 1. The fourth-order valence-electron chi connectivity index (χ4n) is 2.21. The summed E-state index contributed by atoms with van der Waals surface area (Å²) in [6.07, 6.45) is 1.63. The van der Waals surface area contributed by atoms with Gasteiger partial charge >= 0.3 is 5.97 Å². The van der Waals surface area contributed by atoms with E-state index in [0.717, 1.165) is 5.56 Å². The number of oxime groups is 1. The number of anilines is 1. The normalized spacial score (nSPS) is 17.3. The maximum atomic E-state index is 12.1. The molecule has 0 unspecified atom stereocenters. The van der Waals surface area contributed by atoms with Gasteiger partial charge in [-0.1, -0.05) is 17.3 Å². The van der Waals surface area contributed by atoms with Gasteiger partial charge < -0.3 is 15.3 Å². The molecule has 11 heteroatoms. The topological polar surface area (TPSA) is 146 Å². The number of carboxylic acids is 1. The van der Waals surface area contributed by atoms with E-state index in [2.05, 4.69) is 15.2 Å². The summed E-state index contributed by atoms with van der Waals surface area (Å²) in [5.74, 6) is -1.88. The van der Waals surface area contributed by atoms with Gasteiger partial charge in [0.25, 0.3) is 10.2 Å². The third kappa shape index (κ3) is 6.33. The molecule has 2 rings (SSSR count). The third-order valence-electron chi connectivity index (χ3n) is 3.43. The van der Waals surface area contributed by atoms with E-state index >= 15 is 0 Å². The number of carboxylic acid groups (broad SMARTS) is 1. The summed E-state index contributed by atoms with van der Waals surface area (Å²) in [5, 5.41) is 15.1. The number of hydrogen-bond donors (Lipinski definition) is 4. The number of aliphatic carboxylic acids is 1. The Balaban J connectivity index is 1.89. The van der Waals surface area contributed by atoms with E-state index in [4.69, 9.17) is 4.84 Å². The highest BCUT2D eigenvalue weighted by atomic mass is 32.2. The van der Waals surface area contributed by atoms with Crippen molar-refractivity contribution in [2.45, 2.75) is 31.9 Å². The van der Waals surface area contributed by atoms with E-state index in [1.165, 1.54) is 12.3 Å². The minimum absolute atomic E-state index is 0.000626. The van der Waals surface area contributed by atoms with E-state index in [-0.39, 0.29) is 6.42 Å². The average molecular weight is 384 g/mol. The standard InChI is InChI=1S/C15H20N4O6S/c1-10-3-2-4-11(7-10)18-26(23,24)19-13(15(21)22)9-16-14(20)8-12-5-6-17-25-12/h2-4,6-7,12-13,18-19H,5,8-9H2,1H3,(H,16,20)(H,21,22)/t12-,13-/m0/s1. The molecular weight excluding hydrogens is 364 g/mol. The van der Waals surface area contributed by atoms with Crippen LogP contribution in [0.2, 0.25) is 0 Å². The number of nitrogens with zero attached hydrogens (tertiary/aromatic N) is 1. The quantitative estimate of drug-likeness (QED) is 0.470. The van der Waals surface area contributed by atoms with Gasteiger partial charge in [0.15, 0.2) is 0 Å². The maximum Gasteiger partial charge on any atom is 0.323 e. The number of benzene rings is 1. The largest absolute Gasteiger partial charge is 0.480 e. The molecular formula is C15H20N4O6S. The van der Waals surface area contributed by atoms with Crippen LogP contribution in [0.15, 0.2) is 29.4 Å². The molecule has 0 bridgehead atoms. The lowest BCUT2D eigenvalue weighted by atomic mass is 10.2. The molecule has 1 aliphatic heterocycles. The maximum absolute atomic E-state index is 12.1. The molecule has 0 aliphatic carbocycles. The number of hydrogen-bond acceptors (Lipinski definition) is 6. The van der Waals surface area contributed by atoms with Crippen molar-refractivity contribution in [3.8, 4) is 0 Å². The van der Waals surface area contributed by atoms with Crippen LogP contribution in [0.4, 0.5) is 5.69 Å². The second-order valence-corrected chi connectivity index (χ2v) is 7.19. The summed E-state index contributed by atoms with van der Waals surface area (Å²) in [7, 11) is -4.14. The minimum atomic E-state index is -4.14. The van der Waals surface area contributed by atoms with Crippen LogP contribution in [0.25, 0.3) is 0 Å². The van der Waals surface area contributed by atoms with Crippen LogP contribution in [0.1, 0.15) is 18.4 Å². The minimum Gasteiger partial charge on any atom is -0.480 e. The Morgan fingerprint density at radius 1 is 1.42 bits per heavy atom. The predicted octanol–water partition coefficient (Wildman–Crippen LogP) is -0.0245. The van der Waals surface area contributed by atoms with E-state index in [9.17, 15) is 23.1 Å². The van der Waals surface area contributed by atoms with E-state index in [0.29, 0.717) is 12.1 Å². The molecule has 2 atom stereocenters. The molecule has 1 aliphatic rings. The highest BCUT2D eigenvalue weighted by molar-refractivity contribution is 7.90. The zero-order valence-corrected chi connectivity index (χ0v) is 14.8. The average Bonchev–Trinajstić information content (AvgIpc) is 3.03. The van der Waals surface area contributed by atoms with Crippen LogP contribution >= 0.6 is 0 Å². The molecule has 0 spiro atoms. The summed E-state index contributed by atoms with van der Waals surface area (Å²) in [5.41, 5.74) is 1.13. The zero-order valence-electron chi connectivity index (χ0n) is 14.0. The molecule has 0 aromatic heterocycles. The molecule has 4 N–H and O–H groups in total. The van der Waals surface area contributed by atoms with Crippen molar-refractivity contribution in [1.29, 1.82) is 0 Å². The molecule has 0 fully saturated rings. The SMILES string of the molecule is Cc1cccc(NS(=O)(=O)N[C@@H](CNC(=O)C[C@@H]2CC=NO2)C(=O)O)c1. The third-order valence-corrected chi connectivity index (χ3v) is 4.53. The van der Waals surface area contributed by atoms with Crippen molar-refractivity contribution in [1.82, 2.24) is 10.0 Å². The molecule has 142 valence electrons. The van der Waals surface area contributed by atoms with Crippen molar-refractivity contribution in [2.24, 2.45) is 5.16 Å². The Morgan fingerprint density at radius 2 is 2.19 bits per heavy atom. The van der Waals surface area contributed by atoms with E-state index < -0.39 is 40.8 Å². The highest BCUT2D eigenvalue weighted by Crippen LogP contribution is 2.11. The Bertz CT molecular complexity index is 787. The number of nitrogens with one attached hydrogen (secondary N) is 3. The molecule has 0 saturated heterocycles. The molecule has 10 nitrogen and oxygen atoms in total. The Kier molecular flexibility index (Phi) is 6.52. The number of carbonyl (C=O) groups is 2. The van der Waals surface area contributed by atoms with Crippen molar-refractivity contribution in [3.05, 3.63) is 29.8 Å². The molecule has 26 heavy (non-hydrogen) atoms. The summed E-state index contributed by atoms with van der Waals surface area (Å²) >= 11 is 0. The highest BCUT2D eigenvalue weighted by Gasteiger charge is 2.25. The van der Waals surface area contributed by atoms with Crippen LogP contribution in [-0.4, -0.2) is 50.3 Å². The number of carbonyl (C=O) groups excluding carboxylic acids is 1. The summed E-state index contributed by atoms with van der Waals surface area (Å²) < 4.78 is 28.5. The summed E-state index contributed by atoms with van der Waals surface area (Å²) in [4.78, 5) is 28.0. The predicted molar refractivity (Wildman–Crippen MR) is 93.9 cm³/mol. The number of amides is 1. The summed E-state index contributed by atoms with van der Waals surface area (Å²) in [6.45, 7) is 1.39. The lowest BCUT2D eigenvalue weighted by Gasteiger charge is -2.17. The molecule has 0 saturated carbocycles. The summed E-state index contributed by atoms with van der Waals surface area (Å²) in [6, 6.07) is 5.06. The van der Waals surface area contributed by atoms with Crippen LogP contribution in [0.3, 0.4) is 0 Å². The first-order chi connectivity index (χ1) is 12.2. The van der Waals surface area contributed by atoms with Gasteiger partial charge in [-0.2, -0.15) is 13.1 Å². The van der Waals surface area contributed by atoms with Gasteiger partial charge in [0.05, 0.1) is 6.42 Å². The first-order valence-electron chi connectivity index (χ1n) is 7.79. The molecule has 0 radical (unpaired) electrons. The van der Waals surface area contributed by atoms with Crippen molar-refractivity contribution in [3.63, 3.8) is 0 Å². The number of rotatable bonds is 9. The molecule has 1 amide bonds. The van der Waals surface area contributed by atoms with Crippen molar-refractivity contribution >= 4 is 34.0 Å². The van der Waals surface area contributed by atoms with Gasteiger partial charge in [0.2, 0.25) is 5.91 Å². The Morgan fingerprint density at radius 3 is 2.81 bits per heavy atom. The second kappa shape index (κ2) is 8.63. The smallest absolute Gasteiger partial charge is 0.323 e. The van der Waals surface area contributed by atoms with Gasteiger partial charge in [-0.15, -0.1) is 0 Å². The Hall–Kier alpha value is -2.66.